The summed E-state index contributed by atoms with van der Waals surface area (Å²) in [4.78, 5) is 39.7. The topological polar surface area (TPSA) is 103 Å². The number of hydrogen-bond donors (Lipinski definition) is 0. The number of nitro groups is 1. The molecule has 0 spiro atoms. The van der Waals surface area contributed by atoms with Crippen molar-refractivity contribution in [3.8, 4) is 11.3 Å². The summed E-state index contributed by atoms with van der Waals surface area (Å²) in [5, 5.41) is 10.7. The van der Waals surface area contributed by atoms with Crippen molar-refractivity contribution in [1.82, 2.24) is 4.98 Å². The quantitative estimate of drug-likeness (QED) is 0.414. The number of pyridine rings is 1. The van der Waals surface area contributed by atoms with Crippen LogP contribution in [0.1, 0.15) is 31.3 Å². The third-order valence-electron chi connectivity index (χ3n) is 3.53. The fourth-order valence-corrected chi connectivity index (χ4v) is 3.46. The Morgan fingerprint density at radius 3 is 2.70 bits per heavy atom. The van der Waals surface area contributed by atoms with Gasteiger partial charge in [-0.1, -0.05) is 11.3 Å². The highest BCUT2D eigenvalue weighted by Crippen LogP contribution is 2.39. The lowest BCUT2D eigenvalue weighted by molar-refractivity contribution is -0.380. The molecule has 3 aromatic rings. The number of rotatable bonds is 2. The predicted octanol–water partition coefficient (Wildman–Crippen LogP) is 3.09. The molecule has 112 valence electrons. The van der Waals surface area contributed by atoms with Crippen molar-refractivity contribution in [3.63, 3.8) is 0 Å². The largest absolute Gasteiger partial charge is 0.464 e. The Hall–Kier alpha value is -3.13. The molecular weight excluding hydrogens is 320 g/mol. The maximum absolute atomic E-state index is 12.8. The molecule has 0 unspecified atom stereocenters. The highest BCUT2D eigenvalue weighted by Gasteiger charge is 2.37. The number of carbonyl (C=O) groups is 2. The molecule has 4 rings (SSSR count). The fourth-order valence-electron chi connectivity index (χ4n) is 2.55. The molecule has 1 aliphatic rings. The molecule has 1 aliphatic carbocycles. The van der Waals surface area contributed by atoms with Crippen LogP contribution in [0.4, 0.5) is 5.00 Å². The first-order chi connectivity index (χ1) is 11.1. The molecule has 3 heterocycles. The van der Waals surface area contributed by atoms with E-state index in [0.717, 1.165) is 6.07 Å². The van der Waals surface area contributed by atoms with Gasteiger partial charge in [-0.25, -0.2) is 0 Å². The maximum Gasteiger partial charge on any atom is 0.325 e. The van der Waals surface area contributed by atoms with E-state index in [0.29, 0.717) is 22.7 Å². The van der Waals surface area contributed by atoms with Crippen LogP contribution in [0.2, 0.25) is 0 Å². The van der Waals surface area contributed by atoms with Crippen LogP contribution in [-0.2, 0) is 0 Å². The Balaban J connectivity index is 1.98. The van der Waals surface area contributed by atoms with Gasteiger partial charge in [-0.05, 0) is 18.2 Å². The SMILES string of the molecule is O=C1c2cc([N+](=O)[O-])sc2C(=O)c2c(-c3ccco3)ccnc21. The van der Waals surface area contributed by atoms with E-state index in [-0.39, 0.29) is 26.7 Å². The summed E-state index contributed by atoms with van der Waals surface area (Å²) >= 11 is 0.697. The molecule has 0 atom stereocenters. The Kier molecular flexibility index (Phi) is 2.75. The molecule has 3 aromatic heterocycles. The molecule has 8 heteroatoms. The summed E-state index contributed by atoms with van der Waals surface area (Å²) in [6, 6.07) is 6.04. The third kappa shape index (κ3) is 1.85. The molecule has 0 radical (unpaired) electrons. The van der Waals surface area contributed by atoms with Crippen LogP contribution in [0, 0.1) is 10.1 Å². The number of furan rings is 1. The first-order valence-corrected chi connectivity index (χ1v) is 7.30. The van der Waals surface area contributed by atoms with E-state index in [1.807, 2.05) is 0 Å². The van der Waals surface area contributed by atoms with E-state index in [1.165, 1.54) is 12.5 Å². The Morgan fingerprint density at radius 2 is 2.00 bits per heavy atom. The van der Waals surface area contributed by atoms with Crippen LogP contribution < -0.4 is 0 Å². The highest BCUT2D eigenvalue weighted by molar-refractivity contribution is 7.18. The standard InChI is InChI=1S/C15H6N2O5S/c18-13-8-6-10(17(20)21)23-15(8)14(19)11-7(3-4-16-12(11)13)9-2-1-5-22-9/h1-6H. The Morgan fingerprint density at radius 1 is 1.17 bits per heavy atom. The van der Waals surface area contributed by atoms with Gasteiger partial charge in [0.05, 0.1) is 27.2 Å². The average molecular weight is 326 g/mol. The van der Waals surface area contributed by atoms with Crippen molar-refractivity contribution >= 4 is 27.9 Å². The summed E-state index contributed by atoms with van der Waals surface area (Å²) in [6.07, 6.45) is 2.87. The normalized spacial score (nSPS) is 12.9. The van der Waals surface area contributed by atoms with Gasteiger partial charge in [-0.15, -0.1) is 0 Å². The number of aromatic nitrogens is 1. The van der Waals surface area contributed by atoms with Gasteiger partial charge in [0.15, 0.2) is 0 Å². The number of carbonyl (C=O) groups excluding carboxylic acids is 2. The summed E-state index contributed by atoms with van der Waals surface area (Å²) in [7, 11) is 0. The zero-order valence-corrected chi connectivity index (χ0v) is 12.1. The minimum absolute atomic E-state index is 0.0101. The van der Waals surface area contributed by atoms with Crippen molar-refractivity contribution < 1.29 is 18.9 Å². The zero-order valence-electron chi connectivity index (χ0n) is 11.3. The number of thiophene rings is 1. The minimum atomic E-state index is -0.616. The predicted molar refractivity (Wildman–Crippen MR) is 79.8 cm³/mol. The van der Waals surface area contributed by atoms with Crippen LogP contribution in [0.3, 0.4) is 0 Å². The van der Waals surface area contributed by atoms with E-state index in [1.54, 1.807) is 18.2 Å². The molecule has 0 fully saturated rings. The first-order valence-electron chi connectivity index (χ1n) is 6.48. The Bertz CT molecular complexity index is 987. The minimum Gasteiger partial charge on any atom is -0.464 e. The van der Waals surface area contributed by atoms with Crippen molar-refractivity contribution in [2.45, 2.75) is 0 Å². The first kappa shape index (κ1) is 13.5. The molecule has 0 N–H and O–H groups in total. The van der Waals surface area contributed by atoms with E-state index < -0.39 is 16.5 Å². The van der Waals surface area contributed by atoms with Crippen LogP contribution in [0.25, 0.3) is 11.3 Å². The summed E-state index contributed by atoms with van der Waals surface area (Å²) in [6.45, 7) is 0. The van der Waals surface area contributed by atoms with Crippen LogP contribution in [0.5, 0.6) is 0 Å². The van der Waals surface area contributed by atoms with Crippen LogP contribution >= 0.6 is 11.3 Å². The second-order valence-electron chi connectivity index (χ2n) is 4.80. The number of fused-ring (bicyclic) bond motifs is 2. The number of nitrogens with zero attached hydrogens (tertiary/aromatic N) is 2. The van der Waals surface area contributed by atoms with Crippen molar-refractivity contribution in [2.24, 2.45) is 0 Å². The number of ketones is 2. The molecule has 0 saturated carbocycles. The highest BCUT2D eigenvalue weighted by atomic mass is 32.1. The Labute approximate surface area is 132 Å². The lowest BCUT2D eigenvalue weighted by atomic mass is 9.89. The van der Waals surface area contributed by atoms with Gasteiger partial charge >= 0.3 is 5.00 Å². The summed E-state index contributed by atoms with van der Waals surface area (Å²) < 4.78 is 5.30. The molecule has 7 nitrogen and oxygen atoms in total. The smallest absolute Gasteiger partial charge is 0.325 e. The van der Waals surface area contributed by atoms with E-state index in [4.69, 9.17) is 4.42 Å². The van der Waals surface area contributed by atoms with Gasteiger partial charge < -0.3 is 4.42 Å². The van der Waals surface area contributed by atoms with E-state index >= 15 is 0 Å². The van der Waals surface area contributed by atoms with E-state index in [2.05, 4.69) is 4.98 Å². The summed E-state index contributed by atoms with van der Waals surface area (Å²) in [5.41, 5.74) is 0.587. The monoisotopic (exact) mass is 326 g/mol. The van der Waals surface area contributed by atoms with Gasteiger partial charge in [-0.3, -0.25) is 24.7 Å². The van der Waals surface area contributed by atoms with Gasteiger partial charge in [0.25, 0.3) is 0 Å². The summed E-state index contributed by atoms with van der Waals surface area (Å²) in [5.74, 6) is -0.515. The molecule has 0 aliphatic heterocycles. The second kappa shape index (κ2) is 4.68. The molecule has 0 amide bonds. The maximum atomic E-state index is 12.8. The average Bonchev–Trinajstić information content (AvgIpc) is 3.21. The van der Waals surface area contributed by atoms with Crippen LogP contribution in [0.15, 0.2) is 41.1 Å². The van der Waals surface area contributed by atoms with Gasteiger partial charge in [0.2, 0.25) is 11.6 Å². The van der Waals surface area contributed by atoms with Crippen molar-refractivity contribution in [2.75, 3.05) is 0 Å². The fraction of sp³-hybridized carbons (Fsp3) is 0. The van der Waals surface area contributed by atoms with Gasteiger partial charge in [0.1, 0.15) is 11.5 Å². The van der Waals surface area contributed by atoms with Gasteiger partial charge in [0, 0.05) is 17.8 Å². The molecule has 0 aromatic carbocycles. The molecule has 0 bridgehead atoms. The second-order valence-corrected chi connectivity index (χ2v) is 5.83. The third-order valence-corrected chi connectivity index (χ3v) is 4.62. The zero-order chi connectivity index (χ0) is 16.1. The van der Waals surface area contributed by atoms with Crippen molar-refractivity contribution in [1.29, 1.82) is 0 Å². The van der Waals surface area contributed by atoms with Crippen LogP contribution in [-0.4, -0.2) is 21.5 Å². The molecule has 0 saturated heterocycles. The number of hydrogen-bond acceptors (Lipinski definition) is 7. The lowest BCUT2D eigenvalue weighted by Gasteiger charge is -2.15. The molecule has 23 heavy (non-hydrogen) atoms. The van der Waals surface area contributed by atoms with Crippen molar-refractivity contribution in [3.05, 3.63) is 68.5 Å². The van der Waals surface area contributed by atoms with E-state index in [9.17, 15) is 19.7 Å². The lowest BCUT2D eigenvalue weighted by Crippen LogP contribution is -2.21. The molecular formula is C15H6N2O5S. The van der Waals surface area contributed by atoms with Gasteiger partial charge in [-0.2, -0.15) is 0 Å².